The minimum atomic E-state index is 0.613. The smallest absolute Gasteiger partial charge is 0.00135 e. The van der Waals surface area contributed by atoms with Crippen molar-refractivity contribution in [3.05, 3.63) is 0 Å². The number of nitrogens with zero attached hydrogens (tertiary/aromatic N) is 1. The molecule has 0 aromatic rings. The van der Waals surface area contributed by atoms with Crippen LogP contribution in [0.5, 0.6) is 0 Å². The molecule has 2 N–H and O–H groups in total. The highest BCUT2D eigenvalue weighted by molar-refractivity contribution is 4.81. The first kappa shape index (κ1) is 16.0. The minimum absolute atomic E-state index is 0.613. The van der Waals surface area contributed by atoms with Gasteiger partial charge in [0.1, 0.15) is 0 Å². The summed E-state index contributed by atoms with van der Waals surface area (Å²) in [5.74, 6) is 1.51. The standard InChI is InChI=1S/C16H34N2/c1-5-16(4)7-10-18(11-8-16)9-6-15(13-17)12-14(2)3/h14-15H,5-13,17H2,1-4H3. The zero-order valence-corrected chi connectivity index (χ0v) is 13.0. The molecular weight excluding hydrogens is 220 g/mol. The summed E-state index contributed by atoms with van der Waals surface area (Å²) in [6, 6.07) is 0. The van der Waals surface area contributed by atoms with Gasteiger partial charge >= 0.3 is 0 Å². The molecule has 1 fully saturated rings. The van der Waals surface area contributed by atoms with Crippen molar-refractivity contribution in [1.82, 2.24) is 4.90 Å². The molecule has 1 saturated heterocycles. The van der Waals surface area contributed by atoms with Gasteiger partial charge in [-0.15, -0.1) is 0 Å². The van der Waals surface area contributed by atoms with E-state index in [1.54, 1.807) is 0 Å². The summed E-state index contributed by atoms with van der Waals surface area (Å²) in [7, 11) is 0. The van der Waals surface area contributed by atoms with Crippen LogP contribution in [0.1, 0.15) is 59.8 Å². The Kier molecular flexibility index (Phi) is 6.65. The van der Waals surface area contributed by atoms with Gasteiger partial charge in [0.05, 0.1) is 0 Å². The summed E-state index contributed by atoms with van der Waals surface area (Å²) in [4.78, 5) is 2.65. The molecule has 0 aromatic heterocycles. The van der Waals surface area contributed by atoms with E-state index in [1.165, 1.54) is 51.7 Å². The summed E-state index contributed by atoms with van der Waals surface area (Å²) < 4.78 is 0. The normalized spacial score (nSPS) is 22.3. The summed E-state index contributed by atoms with van der Waals surface area (Å²) in [5, 5.41) is 0. The second kappa shape index (κ2) is 7.49. The SMILES string of the molecule is CCC1(C)CCN(CCC(CN)CC(C)C)CC1. The van der Waals surface area contributed by atoms with Crippen LogP contribution in [0.4, 0.5) is 0 Å². The van der Waals surface area contributed by atoms with Gasteiger partial charge < -0.3 is 10.6 Å². The van der Waals surface area contributed by atoms with Gasteiger partial charge in [-0.25, -0.2) is 0 Å². The molecule has 1 aliphatic rings. The Balaban J connectivity index is 2.24. The molecule has 18 heavy (non-hydrogen) atoms. The van der Waals surface area contributed by atoms with Gasteiger partial charge in [0.15, 0.2) is 0 Å². The first-order chi connectivity index (χ1) is 8.49. The molecule has 2 nitrogen and oxygen atoms in total. The van der Waals surface area contributed by atoms with Crippen molar-refractivity contribution in [3.63, 3.8) is 0 Å². The largest absolute Gasteiger partial charge is 0.330 e. The fourth-order valence-electron chi connectivity index (χ4n) is 3.03. The Hall–Kier alpha value is -0.0800. The highest BCUT2D eigenvalue weighted by Crippen LogP contribution is 2.34. The molecule has 108 valence electrons. The predicted octanol–water partition coefficient (Wildman–Crippen LogP) is 3.51. The van der Waals surface area contributed by atoms with Gasteiger partial charge in [0.2, 0.25) is 0 Å². The van der Waals surface area contributed by atoms with Gasteiger partial charge in [-0.05, 0) is 69.1 Å². The van der Waals surface area contributed by atoms with Gasteiger partial charge in [-0.2, -0.15) is 0 Å². The van der Waals surface area contributed by atoms with Crippen LogP contribution >= 0.6 is 0 Å². The molecule has 0 radical (unpaired) electrons. The number of nitrogens with two attached hydrogens (primary N) is 1. The lowest BCUT2D eigenvalue weighted by Gasteiger charge is -2.39. The topological polar surface area (TPSA) is 29.3 Å². The van der Waals surface area contributed by atoms with Crippen molar-refractivity contribution in [3.8, 4) is 0 Å². The van der Waals surface area contributed by atoms with Gasteiger partial charge in [-0.1, -0.05) is 34.1 Å². The Morgan fingerprint density at radius 2 is 1.83 bits per heavy atom. The summed E-state index contributed by atoms with van der Waals surface area (Å²) in [5.41, 5.74) is 6.50. The van der Waals surface area contributed by atoms with E-state index in [-0.39, 0.29) is 0 Å². The third-order valence-electron chi connectivity index (χ3n) is 4.91. The van der Waals surface area contributed by atoms with E-state index in [1.807, 2.05) is 0 Å². The lowest BCUT2D eigenvalue weighted by molar-refractivity contribution is 0.109. The number of rotatable bonds is 7. The molecule has 1 heterocycles. The van der Waals surface area contributed by atoms with Crippen LogP contribution in [0.15, 0.2) is 0 Å². The fourth-order valence-corrected chi connectivity index (χ4v) is 3.03. The Morgan fingerprint density at radius 3 is 2.28 bits per heavy atom. The van der Waals surface area contributed by atoms with Crippen molar-refractivity contribution >= 4 is 0 Å². The third-order valence-corrected chi connectivity index (χ3v) is 4.91. The van der Waals surface area contributed by atoms with Crippen molar-refractivity contribution in [2.75, 3.05) is 26.2 Å². The molecule has 0 spiro atoms. The molecule has 0 bridgehead atoms. The molecule has 1 atom stereocenters. The quantitative estimate of drug-likeness (QED) is 0.753. The molecule has 2 heteroatoms. The van der Waals surface area contributed by atoms with Crippen molar-refractivity contribution in [2.45, 2.75) is 59.8 Å². The number of hydrogen-bond donors (Lipinski definition) is 1. The molecular formula is C16H34N2. The second-order valence-electron chi connectivity index (χ2n) is 7.03. The maximum Gasteiger partial charge on any atom is -0.00135 e. The predicted molar refractivity (Wildman–Crippen MR) is 80.7 cm³/mol. The monoisotopic (exact) mass is 254 g/mol. The van der Waals surface area contributed by atoms with Crippen LogP contribution in [-0.2, 0) is 0 Å². The maximum absolute atomic E-state index is 5.88. The Labute approximate surface area is 114 Å². The van der Waals surface area contributed by atoms with E-state index in [2.05, 4.69) is 32.6 Å². The van der Waals surface area contributed by atoms with Crippen molar-refractivity contribution < 1.29 is 0 Å². The van der Waals surface area contributed by atoms with Crippen LogP contribution in [-0.4, -0.2) is 31.1 Å². The summed E-state index contributed by atoms with van der Waals surface area (Å²) in [6.45, 7) is 14.1. The number of likely N-dealkylation sites (tertiary alicyclic amines) is 1. The van der Waals surface area contributed by atoms with E-state index in [0.717, 1.165) is 18.4 Å². The number of hydrogen-bond acceptors (Lipinski definition) is 2. The Morgan fingerprint density at radius 1 is 1.22 bits per heavy atom. The van der Waals surface area contributed by atoms with Crippen molar-refractivity contribution in [1.29, 1.82) is 0 Å². The van der Waals surface area contributed by atoms with Gasteiger partial charge in [-0.3, -0.25) is 0 Å². The van der Waals surface area contributed by atoms with Crippen LogP contribution in [0, 0.1) is 17.3 Å². The average Bonchev–Trinajstić information content (AvgIpc) is 2.36. The van der Waals surface area contributed by atoms with E-state index in [0.29, 0.717) is 5.41 Å². The second-order valence-corrected chi connectivity index (χ2v) is 7.03. The third kappa shape index (κ3) is 5.27. The van der Waals surface area contributed by atoms with E-state index in [4.69, 9.17) is 5.73 Å². The van der Waals surface area contributed by atoms with Crippen LogP contribution in [0.25, 0.3) is 0 Å². The molecule has 0 aromatic carbocycles. The van der Waals surface area contributed by atoms with E-state index < -0.39 is 0 Å². The lowest BCUT2D eigenvalue weighted by Crippen LogP contribution is -2.39. The highest BCUT2D eigenvalue weighted by atomic mass is 15.1. The molecule has 0 amide bonds. The minimum Gasteiger partial charge on any atom is -0.330 e. The number of piperidine rings is 1. The Bertz CT molecular complexity index is 217. The van der Waals surface area contributed by atoms with Gasteiger partial charge in [0, 0.05) is 0 Å². The van der Waals surface area contributed by atoms with Crippen molar-refractivity contribution in [2.24, 2.45) is 23.0 Å². The molecule has 1 rings (SSSR count). The molecule has 1 aliphatic heterocycles. The molecule has 1 unspecified atom stereocenters. The lowest BCUT2D eigenvalue weighted by atomic mass is 9.78. The highest BCUT2D eigenvalue weighted by Gasteiger charge is 2.28. The zero-order chi connectivity index (χ0) is 13.6. The maximum atomic E-state index is 5.88. The molecule has 0 aliphatic carbocycles. The van der Waals surface area contributed by atoms with Crippen LogP contribution in [0.3, 0.4) is 0 Å². The van der Waals surface area contributed by atoms with E-state index >= 15 is 0 Å². The molecule has 0 saturated carbocycles. The fraction of sp³-hybridized carbons (Fsp3) is 1.00. The first-order valence-corrected chi connectivity index (χ1v) is 7.91. The van der Waals surface area contributed by atoms with E-state index in [9.17, 15) is 0 Å². The van der Waals surface area contributed by atoms with Crippen LogP contribution < -0.4 is 5.73 Å². The van der Waals surface area contributed by atoms with Crippen LogP contribution in [0.2, 0.25) is 0 Å². The summed E-state index contributed by atoms with van der Waals surface area (Å²) >= 11 is 0. The average molecular weight is 254 g/mol. The first-order valence-electron chi connectivity index (χ1n) is 7.91. The van der Waals surface area contributed by atoms with Gasteiger partial charge in [0.25, 0.3) is 0 Å². The zero-order valence-electron chi connectivity index (χ0n) is 13.0. The summed E-state index contributed by atoms with van der Waals surface area (Å²) in [6.07, 6.45) is 6.66.